The van der Waals surface area contributed by atoms with Crippen molar-refractivity contribution in [2.75, 3.05) is 5.32 Å². The van der Waals surface area contributed by atoms with E-state index in [4.69, 9.17) is 16.0 Å². The number of furan rings is 1. The van der Waals surface area contributed by atoms with E-state index < -0.39 is 0 Å². The Labute approximate surface area is 110 Å². The second kappa shape index (κ2) is 5.23. The number of amides is 1. The highest BCUT2D eigenvalue weighted by Gasteiger charge is 2.15. The van der Waals surface area contributed by atoms with E-state index in [0.717, 1.165) is 5.56 Å². The number of halogens is 1. The van der Waals surface area contributed by atoms with Crippen LogP contribution in [0.3, 0.4) is 0 Å². The minimum atomic E-state index is -0.237. The molecule has 2 rings (SSSR count). The number of aromatic nitrogens is 1. The Hall–Kier alpha value is -1.81. The molecule has 1 amide bonds. The summed E-state index contributed by atoms with van der Waals surface area (Å²) in [6, 6.07) is 3.44. The van der Waals surface area contributed by atoms with Crippen molar-refractivity contribution in [3.63, 3.8) is 0 Å². The number of carbonyl (C=O) groups is 1. The lowest BCUT2D eigenvalue weighted by Crippen LogP contribution is -2.14. The van der Waals surface area contributed by atoms with E-state index in [1.54, 1.807) is 18.3 Å². The van der Waals surface area contributed by atoms with Crippen LogP contribution in [0.25, 0.3) is 0 Å². The summed E-state index contributed by atoms with van der Waals surface area (Å²) in [6.07, 6.45) is 3.77. The van der Waals surface area contributed by atoms with Crippen molar-refractivity contribution < 1.29 is 9.21 Å². The van der Waals surface area contributed by atoms with Gasteiger partial charge in [-0.05, 0) is 24.6 Å². The predicted molar refractivity (Wildman–Crippen MR) is 70.0 cm³/mol. The van der Waals surface area contributed by atoms with Crippen molar-refractivity contribution in [3.8, 4) is 0 Å². The van der Waals surface area contributed by atoms with Crippen molar-refractivity contribution in [1.29, 1.82) is 0 Å². The molecule has 0 aliphatic carbocycles. The summed E-state index contributed by atoms with van der Waals surface area (Å²) in [7, 11) is 0. The van der Waals surface area contributed by atoms with E-state index in [1.165, 1.54) is 6.26 Å². The minimum Gasteiger partial charge on any atom is -0.469 e. The van der Waals surface area contributed by atoms with Gasteiger partial charge in [0.05, 0.1) is 17.5 Å². The first-order valence-electron chi connectivity index (χ1n) is 5.62. The third-order valence-electron chi connectivity index (χ3n) is 2.66. The van der Waals surface area contributed by atoms with E-state index in [0.29, 0.717) is 23.4 Å². The maximum absolute atomic E-state index is 12.1. The van der Waals surface area contributed by atoms with Crippen LogP contribution in [-0.2, 0) is 6.42 Å². The molecule has 94 valence electrons. The van der Waals surface area contributed by atoms with Gasteiger partial charge in [0, 0.05) is 12.6 Å². The monoisotopic (exact) mass is 264 g/mol. The van der Waals surface area contributed by atoms with Crippen LogP contribution in [0.5, 0.6) is 0 Å². The largest absolute Gasteiger partial charge is 0.469 e. The maximum atomic E-state index is 12.1. The normalized spacial score (nSPS) is 10.4. The van der Waals surface area contributed by atoms with Crippen LogP contribution in [0.2, 0.25) is 5.15 Å². The lowest BCUT2D eigenvalue weighted by atomic mass is 10.2. The molecular formula is C13H13ClN2O2. The molecule has 0 radical (unpaired) electrons. The molecule has 2 heterocycles. The fraction of sp³-hybridized carbons (Fsp3) is 0.231. The van der Waals surface area contributed by atoms with Crippen molar-refractivity contribution >= 4 is 23.2 Å². The average molecular weight is 265 g/mol. The van der Waals surface area contributed by atoms with E-state index in [-0.39, 0.29) is 11.1 Å². The first-order chi connectivity index (χ1) is 8.63. The number of nitrogens with zero attached hydrogens (tertiary/aromatic N) is 1. The molecule has 0 bridgehead atoms. The van der Waals surface area contributed by atoms with Crippen LogP contribution >= 0.6 is 11.6 Å². The Morgan fingerprint density at radius 1 is 1.50 bits per heavy atom. The zero-order chi connectivity index (χ0) is 13.1. The molecule has 0 aromatic carbocycles. The van der Waals surface area contributed by atoms with E-state index >= 15 is 0 Å². The van der Waals surface area contributed by atoms with Gasteiger partial charge < -0.3 is 9.73 Å². The van der Waals surface area contributed by atoms with Gasteiger partial charge in [-0.1, -0.05) is 18.5 Å². The van der Waals surface area contributed by atoms with E-state index in [9.17, 15) is 4.79 Å². The summed E-state index contributed by atoms with van der Waals surface area (Å²) in [6.45, 7) is 3.79. The van der Waals surface area contributed by atoms with Crippen molar-refractivity contribution in [3.05, 3.63) is 46.6 Å². The summed E-state index contributed by atoms with van der Waals surface area (Å²) in [4.78, 5) is 16.0. The number of carbonyl (C=O) groups excluding carboxylic acids is 1. The predicted octanol–water partition coefficient (Wildman–Crippen LogP) is 3.45. The molecule has 0 atom stereocenters. The first kappa shape index (κ1) is 12.6. The molecule has 0 unspecified atom stereocenters. The van der Waals surface area contributed by atoms with Crippen LogP contribution in [0, 0.1) is 6.92 Å². The fourth-order valence-corrected chi connectivity index (χ4v) is 1.93. The van der Waals surface area contributed by atoms with Crippen molar-refractivity contribution in [2.24, 2.45) is 0 Å². The quantitative estimate of drug-likeness (QED) is 0.864. The first-order valence-corrected chi connectivity index (χ1v) is 6.00. The van der Waals surface area contributed by atoms with Crippen molar-refractivity contribution in [1.82, 2.24) is 4.98 Å². The highest BCUT2D eigenvalue weighted by atomic mass is 35.5. The second-order valence-electron chi connectivity index (χ2n) is 3.86. The molecule has 5 heteroatoms. The Kier molecular flexibility index (Phi) is 3.67. The van der Waals surface area contributed by atoms with Gasteiger partial charge >= 0.3 is 0 Å². The van der Waals surface area contributed by atoms with Gasteiger partial charge in [-0.25, -0.2) is 4.98 Å². The van der Waals surface area contributed by atoms with Crippen LogP contribution in [-0.4, -0.2) is 10.9 Å². The molecule has 0 fully saturated rings. The molecular weight excluding hydrogens is 252 g/mol. The maximum Gasteiger partial charge on any atom is 0.259 e. The second-order valence-corrected chi connectivity index (χ2v) is 4.22. The zero-order valence-electron chi connectivity index (χ0n) is 10.2. The third-order valence-corrected chi connectivity index (χ3v) is 2.95. The number of anilines is 1. The molecule has 2 aromatic heterocycles. The molecule has 1 N–H and O–H groups in total. The summed E-state index contributed by atoms with van der Waals surface area (Å²) in [5, 5.41) is 3.04. The van der Waals surface area contributed by atoms with Crippen LogP contribution < -0.4 is 5.32 Å². The fourth-order valence-electron chi connectivity index (χ4n) is 1.67. The highest BCUT2D eigenvalue weighted by Crippen LogP contribution is 2.24. The van der Waals surface area contributed by atoms with Gasteiger partial charge in [0.1, 0.15) is 5.76 Å². The summed E-state index contributed by atoms with van der Waals surface area (Å²) in [5.74, 6) is 0.420. The molecule has 0 aliphatic rings. The number of aryl methyl sites for hydroxylation is 2. The molecule has 2 aromatic rings. The summed E-state index contributed by atoms with van der Waals surface area (Å²) < 4.78 is 5.22. The number of nitrogens with one attached hydrogen (secondary N) is 1. The number of rotatable bonds is 3. The van der Waals surface area contributed by atoms with Crippen LogP contribution in [0.1, 0.15) is 28.6 Å². The van der Waals surface area contributed by atoms with E-state index in [2.05, 4.69) is 10.3 Å². The highest BCUT2D eigenvalue weighted by molar-refractivity contribution is 6.32. The van der Waals surface area contributed by atoms with Gasteiger partial charge in [-0.3, -0.25) is 4.79 Å². The summed E-state index contributed by atoms with van der Waals surface area (Å²) >= 11 is 5.96. The minimum absolute atomic E-state index is 0.237. The van der Waals surface area contributed by atoms with Gasteiger partial charge in [0.2, 0.25) is 0 Å². The van der Waals surface area contributed by atoms with Gasteiger partial charge in [0.25, 0.3) is 5.91 Å². The zero-order valence-corrected chi connectivity index (χ0v) is 10.9. The van der Waals surface area contributed by atoms with Gasteiger partial charge in [0.15, 0.2) is 5.15 Å². The van der Waals surface area contributed by atoms with Crippen molar-refractivity contribution in [2.45, 2.75) is 20.3 Å². The number of hydrogen-bond acceptors (Lipinski definition) is 3. The molecule has 0 saturated heterocycles. The molecule has 4 nitrogen and oxygen atoms in total. The Morgan fingerprint density at radius 3 is 2.94 bits per heavy atom. The molecule has 18 heavy (non-hydrogen) atoms. The molecule has 0 spiro atoms. The SMILES string of the molecule is CCc1occc1C(=O)Nc1c(C)ccnc1Cl. The van der Waals surface area contributed by atoms with Gasteiger partial charge in [-0.15, -0.1) is 0 Å². The Balaban J connectivity index is 2.27. The lowest BCUT2D eigenvalue weighted by molar-refractivity contribution is 0.102. The molecule has 0 saturated carbocycles. The Bertz CT molecular complexity index is 558. The third kappa shape index (κ3) is 2.38. The average Bonchev–Trinajstić information content (AvgIpc) is 2.82. The van der Waals surface area contributed by atoms with Crippen LogP contribution in [0.15, 0.2) is 29.0 Å². The number of pyridine rings is 1. The van der Waals surface area contributed by atoms with Gasteiger partial charge in [-0.2, -0.15) is 0 Å². The number of hydrogen-bond donors (Lipinski definition) is 1. The lowest BCUT2D eigenvalue weighted by Gasteiger charge is -2.09. The molecule has 0 aliphatic heterocycles. The van der Waals surface area contributed by atoms with E-state index in [1.807, 2.05) is 13.8 Å². The standard InChI is InChI=1S/C13H13ClN2O2/c1-3-10-9(5-7-18-10)13(17)16-11-8(2)4-6-15-12(11)14/h4-7H,3H2,1-2H3,(H,16,17). The summed E-state index contributed by atoms with van der Waals surface area (Å²) in [5.41, 5.74) is 1.93. The van der Waals surface area contributed by atoms with Crippen LogP contribution in [0.4, 0.5) is 5.69 Å². The topological polar surface area (TPSA) is 55.1 Å². The smallest absolute Gasteiger partial charge is 0.259 e. The Morgan fingerprint density at radius 2 is 2.28 bits per heavy atom.